The molecular formula is C15H16FN3O3. The highest BCUT2D eigenvalue weighted by Gasteiger charge is 2.18. The number of amides is 1. The zero-order chi connectivity index (χ0) is 16.3. The van der Waals surface area contributed by atoms with E-state index in [-0.39, 0.29) is 17.9 Å². The van der Waals surface area contributed by atoms with Crippen LogP contribution in [0.2, 0.25) is 0 Å². The molecule has 0 bridgehead atoms. The van der Waals surface area contributed by atoms with E-state index < -0.39 is 17.9 Å². The average molecular weight is 305 g/mol. The van der Waals surface area contributed by atoms with Gasteiger partial charge in [-0.15, -0.1) is 0 Å². The third kappa shape index (κ3) is 3.69. The second kappa shape index (κ2) is 6.38. The van der Waals surface area contributed by atoms with Gasteiger partial charge in [0.2, 0.25) is 0 Å². The number of carbonyl (C=O) groups is 2. The number of benzene rings is 1. The van der Waals surface area contributed by atoms with Crippen LogP contribution in [0.25, 0.3) is 5.69 Å². The molecule has 1 aromatic carbocycles. The summed E-state index contributed by atoms with van der Waals surface area (Å²) in [5.74, 6) is -1.78. The third-order valence-electron chi connectivity index (χ3n) is 3.06. The number of halogens is 1. The van der Waals surface area contributed by atoms with Crippen LogP contribution in [-0.2, 0) is 4.79 Å². The Morgan fingerprint density at radius 2 is 2.00 bits per heavy atom. The average Bonchev–Trinajstić information content (AvgIpc) is 2.80. The maximum absolute atomic E-state index is 12.9. The minimum atomic E-state index is -0.985. The second-order valence-corrected chi connectivity index (χ2v) is 5.05. The number of carboxylic acids is 1. The van der Waals surface area contributed by atoms with Gasteiger partial charge in [-0.3, -0.25) is 9.59 Å². The molecule has 0 aliphatic heterocycles. The van der Waals surface area contributed by atoms with Crippen LogP contribution in [0.1, 0.15) is 29.4 Å². The minimum Gasteiger partial charge on any atom is -0.481 e. The molecule has 1 unspecified atom stereocenters. The normalized spacial score (nSPS) is 12.0. The summed E-state index contributed by atoms with van der Waals surface area (Å²) in [5.41, 5.74) is 1.48. The number of nitrogens with one attached hydrogen (secondary N) is 1. The maximum atomic E-state index is 12.9. The molecule has 7 heteroatoms. The summed E-state index contributed by atoms with van der Waals surface area (Å²) in [6, 6.07) is 5.22. The molecule has 6 nitrogen and oxygen atoms in total. The molecular weight excluding hydrogens is 289 g/mol. The predicted octanol–water partition coefficient (Wildman–Crippen LogP) is 1.91. The third-order valence-corrected chi connectivity index (χ3v) is 3.06. The predicted molar refractivity (Wildman–Crippen MR) is 77.4 cm³/mol. The van der Waals surface area contributed by atoms with Crippen molar-refractivity contribution in [2.75, 3.05) is 0 Å². The van der Waals surface area contributed by atoms with Crippen LogP contribution in [0, 0.1) is 12.7 Å². The standard InChI is InChI=1S/C15H16FN3O3/c1-9-8-19(12-5-3-11(16)4-6-12)18-14(9)15(22)17-10(2)7-13(20)21/h3-6,8,10H,7H2,1-2H3,(H,17,22)(H,20,21). The highest BCUT2D eigenvalue weighted by Crippen LogP contribution is 2.13. The lowest BCUT2D eigenvalue weighted by Crippen LogP contribution is -2.34. The Morgan fingerprint density at radius 3 is 2.59 bits per heavy atom. The Balaban J connectivity index is 2.17. The van der Waals surface area contributed by atoms with Gasteiger partial charge < -0.3 is 10.4 Å². The molecule has 2 N–H and O–H groups in total. The van der Waals surface area contributed by atoms with Gasteiger partial charge in [0.25, 0.3) is 5.91 Å². The van der Waals surface area contributed by atoms with Crippen molar-refractivity contribution in [2.45, 2.75) is 26.3 Å². The van der Waals surface area contributed by atoms with Crippen LogP contribution >= 0.6 is 0 Å². The molecule has 0 spiro atoms. The zero-order valence-corrected chi connectivity index (χ0v) is 12.2. The van der Waals surface area contributed by atoms with Gasteiger partial charge in [-0.1, -0.05) is 0 Å². The molecule has 0 aliphatic rings. The molecule has 0 fully saturated rings. The summed E-state index contributed by atoms with van der Waals surface area (Å²) >= 11 is 0. The van der Waals surface area contributed by atoms with Crippen LogP contribution in [0.4, 0.5) is 4.39 Å². The Bertz CT molecular complexity index is 695. The Kier molecular flexibility index (Phi) is 4.55. The van der Waals surface area contributed by atoms with Crippen molar-refractivity contribution in [2.24, 2.45) is 0 Å². The van der Waals surface area contributed by atoms with Crippen molar-refractivity contribution >= 4 is 11.9 Å². The highest BCUT2D eigenvalue weighted by atomic mass is 19.1. The number of aromatic nitrogens is 2. The fourth-order valence-corrected chi connectivity index (χ4v) is 2.02. The molecule has 116 valence electrons. The molecule has 1 amide bonds. The maximum Gasteiger partial charge on any atom is 0.305 e. The molecule has 1 heterocycles. The van der Waals surface area contributed by atoms with Crippen LogP contribution in [0.5, 0.6) is 0 Å². The fraction of sp³-hybridized carbons (Fsp3) is 0.267. The SMILES string of the molecule is Cc1cn(-c2ccc(F)cc2)nc1C(=O)NC(C)CC(=O)O. The van der Waals surface area contributed by atoms with Crippen molar-refractivity contribution in [1.29, 1.82) is 0 Å². The van der Waals surface area contributed by atoms with Crippen LogP contribution in [0.3, 0.4) is 0 Å². The van der Waals surface area contributed by atoms with E-state index >= 15 is 0 Å². The fourth-order valence-electron chi connectivity index (χ4n) is 2.02. The van der Waals surface area contributed by atoms with E-state index in [4.69, 9.17) is 5.11 Å². The van der Waals surface area contributed by atoms with Gasteiger partial charge in [0.1, 0.15) is 5.82 Å². The van der Waals surface area contributed by atoms with Crippen molar-refractivity contribution in [3.05, 3.63) is 47.5 Å². The largest absolute Gasteiger partial charge is 0.481 e. The molecule has 2 rings (SSSR count). The van der Waals surface area contributed by atoms with Crippen molar-refractivity contribution in [3.8, 4) is 5.69 Å². The van der Waals surface area contributed by atoms with Gasteiger partial charge in [0.05, 0.1) is 12.1 Å². The van der Waals surface area contributed by atoms with E-state index in [2.05, 4.69) is 10.4 Å². The van der Waals surface area contributed by atoms with Crippen LogP contribution < -0.4 is 5.32 Å². The van der Waals surface area contributed by atoms with Crippen molar-refractivity contribution < 1.29 is 19.1 Å². The molecule has 0 aliphatic carbocycles. The molecule has 0 radical (unpaired) electrons. The number of nitrogens with zero attached hydrogens (tertiary/aromatic N) is 2. The molecule has 2 aromatic rings. The first-order valence-corrected chi connectivity index (χ1v) is 6.71. The summed E-state index contributed by atoms with van der Waals surface area (Å²) in [5, 5.41) is 15.5. The number of aryl methyl sites for hydroxylation is 1. The van der Waals surface area contributed by atoms with Crippen molar-refractivity contribution in [1.82, 2.24) is 15.1 Å². The second-order valence-electron chi connectivity index (χ2n) is 5.05. The smallest absolute Gasteiger partial charge is 0.305 e. The number of hydrogen-bond acceptors (Lipinski definition) is 3. The summed E-state index contributed by atoms with van der Waals surface area (Å²) in [4.78, 5) is 22.7. The number of aliphatic carboxylic acids is 1. The summed E-state index contributed by atoms with van der Waals surface area (Å²) in [6.45, 7) is 3.34. The summed E-state index contributed by atoms with van der Waals surface area (Å²) in [7, 11) is 0. The number of carboxylic acid groups (broad SMARTS) is 1. The van der Waals surface area contributed by atoms with Gasteiger partial charge in [0, 0.05) is 17.8 Å². The Labute approximate surface area is 126 Å². The molecule has 1 aromatic heterocycles. The van der Waals surface area contributed by atoms with Gasteiger partial charge in [-0.05, 0) is 38.1 Å². The monoisotopic (exact) mass is 305 g/mol. The van der Waals surface area contributed by atoms with E-state index in [9.17, 15) is 14.0 Å². The number of rotatable bonds is 5. The highest BCUT2D eigenvalue weighted by molar-refractivity contribution is 5.94. The van der Waals surface area contributed by atoms with E-state index in [0.717, 1.165) is 0 Å². The van der Waals surface area contributed by atoms with E-state index in [0.29, 0.717) is 11.3 Å². The number of hydrogen-bond donors (Lipinski definition) is 2. The first-order chi connectivity index (χ1) is 10.4. The van der Waals surface area contributed by atoms with Crippen LogP contribution in [0.15, 0.2) is 30.5 Å². The summed E-state index contributed by atoms with van der Waals surface area (Å²) < 4.78 is 14.4. The summed E-state index contributed by atoms with van der Waals surface area (Å²) in [6.07, 6.45) is 1.49. The van der Waals surface area contributed by atoms with Gasteiger partial charge in [-0.2, -0.15) is 5.10 Å². The quantitative estimate of drug-likeness (QED) is 0.884. The molecule has 1 atom stereocenters. The lowest BCUT2D eigenvalue weighted by molar-refractivity contribution is -0.137. The molecule has 22 heavy (non-hydrogen) atoms. The van der Waals surface area contributed by atoms with Crippen molar-refractivity contribution in [3.63, 3.8) is 0 Å². The first-order valence-electron chi connectivity index (χ1n) is 6.71. The van der Waals surface area contributed by atoms with Crippen LogP contribution in [-0.4, -0.2) is 32.8 Å². The van der Waals surface area contributed by atoms with E-state index in [1.54, 1.807) is 32.2 Å². The van der Waals surface area contributed by atoms with E-state index in [1.807, 2.05) is 0 Å². The van der Waals surface area contributed by atoms with Gasteiger partial charge >= 0.3 is 5.97 Å². The lowest BCUT2D eigenvalue weighted by Gasteiger charge is -2.10. The van der Waals surface area contributed by atoms with E-state index in [1.165, 1.54) is 16.8 Å². The zero-order valence-electron chi connectivity index (χ0n) is 12.2. The molecule has 0 saturated carbocycles. The van der Waals surface area contributed by atoms with Gasteiger partial charge in [-0.25, -0.2) is 9.07 Å². The Morgan fingerprint density at radius 1 is 1.36 bits per heavy atom. The molecule has 0 saturated heterocycles. The topological polar surface area (TPSA) is 84.2 Å². The lowest BCUT2D eigenvalue weighted by atomic mass is 10.2. The first kappa shape index (κ1) is 15.7. The number of carbonyl (C=O) groups excluding carboxylic acids is 1. The van der Waals surface area contributed by atoms with Gasteiger partial charge in [0.15, 0.2) is 5.69 Å². The minimum absolute atomic E-state index is 0.163. The Hall–Kier alpha value is -2.70.